The smallest absolute Gasteiger partial charge is 0.251 e. The molecular formula is C19H29IN4O2. The van der Waals surface area contributed by atoms with Crippen molar-refractivity contribution < 1.29 is 9.53 Å². The molecule has 2 fully saturated rings. The molecular weight excluding hydrogens is 443 g/mol. The van der Waals surface area contributed by atoms with Crippen LogP contribution < -0.4 is 5.32 Å². The average molecular weight is 472 g/mol. The number of ether oxygens (including phenoxy) is 1. The Labute approximate surface area is 173 Å². The second-order valence-electron chi connectivity index (χ2n) is 6.52. The molecule has 1 aromatic rings. The standard InChI is InChI=1S/C19H28N4O2.HI/c1-20-19(21-10-9-16-6-3-2-4-7-16)23-13-11-22(12-14-23)18(24)17-8-5-15-25-17;/h2-4,6-7,17H,5,8-15H2,1H3,(H,20,21);1H. The minimum absolute atomic E-state index is 0. The number of carbonyl (C=O) groups excluding carboxylic acids is 1. The Morgan fingerprint density at radius 1 is 1.19 bits per heavy atom. The molecule has 26 heavy (non-hydrogen) atoms. The molecule has 3 rings (SSSR count). The van der Waals surface area contributed by atoms with E-state index in [1.165, 1.54) is 5.56 Å². The maximum atomic E-state index is 12.4. The van der Waals surface area contributed by atoms with E-state index in [0.717, 1.165) is 57.9 Å². The highest BCUT2D eigenvalue weighted by Gasteiger charge is 2.30. The van der Waals surface area contributed by atoms with E-state index in [2.05, 4.69) is 39.5 Å². The molecule has 144 valence electrons. The maximum Gasteiger partial charge on any atom is 0.251 e. The summed E-state index contributed by atoms with van der Waals surface area (Å²) in [5, 5.41) is 3.43. The number of halogens is 1. The van der Waals surface area contributed by atoms with Crippen LogP contribution in [0.25, 0.3) is 0 Å². The fourth-order valence-corrected chi connectivity index (χ4v) is 3.41. The lowest BCUT2D eigenvalue weighted by Crippen LogP contribution is -2.55. The van der Waals surface area contributed by atoms with Crippen molar-refractivity contribution >= 4 is 35.8 Å². The van der Waals surface area contributed by atoms with E-state index >= 15 is 0 Å². The van der Waals surface area contributed by atoms with E-state index in [0.29, 0.717) is 6.61 Å². The van der Waals surface area contributed by atoms with E-state index in [4.69, 9.17) is 4.74 Å². The highest BCUT2D eigenvalue weighted by Crippen LogP contribution is 2.16. The molecule has 0 radical (unpaired) electrons. The molecule has 2 aliphatic rings. The van der Waals surface area contributed by atoms with E-state index in [1.54, 1.807) is 0 Å². The predicted molar refractivity (Wildman–Crippen MR) is 114 cm³/mol. The van der Waals surface area contributed by atoms with Crippen molar-refractivity contribution in [2.75, 3.05) is 46.4 Å². The predicted octanol–water partition coefficient (Wildman–Crippen LogP) is 1.75. The summed E-state index contributed by atoms with van der Waals surface area (Å²) in [6.07, 6.45) is 2.61. The zero-order chi connectivity index (χ0) is 17.5. The molecule has 1 atom stereocenters. The van der Waals surface area contributed by atoms with Gasteiger partial charge >= 0.3 is 0 Å². The third-order valence-electron chi connectivity index (χ3n) is 4.85. The first-order valence-electron chi connectivity index (χ1n) is 9.18. The first-order chi connectivity index (χ1) is 12.3. The van der Waals surface area contributed by atoms with E-state index < -0.39 is 0 Å². The number of amides is 1. The van der Waals surface area contributed by atoms with Gasteiger partial charge in [-0.2, -0.15) is 0 Å². The second kappa shape index (κ2) is 10.7. The van der Waals surface area contributed by atoms with E-state index in [1.807, 2.05) is 18.0 Å². The number of benzene rings is 1. The minimum Gasteiger partial charge on any atom is -0.368 e. The average Bonchev–Trinajstić information content (AvgIpc) is 3.20. The van der Waals surface area contributed by atoms with Crippen molar-refractivity contribution in [2.45, 2.75) is 25.4 Å². The molecule has 1 N–H and O–H groups in total. The van der Waals surface area contributed by atoms with Gasteiger partial charge in [0.05, 0.1) is 0 Å². The van der Waals surface area contributed by atoms with Crippen LogP contribution in [0, 0.1) is 0 Å². The number of hydrogen-bond donors (Lipinski definition) is 1. The molecule has 1 aromatic carbocycles. The number of hydrogen-bond acceptors (Lipinski definition) is 3. The number of guanidine groups is 1. The molecule has 2 saturated heterocycles. The number of nitrogens with one attached hydrogen (secondary N) is 1. The Kier molecular flexibility index (Phi) is 8.64. The Balaban J connectivity index is 0.00000243. The minimum atomic E-state index is -0.213. The largest absolute Gasteiger partial charge is 0.368 e. The van der Waals surface area contributed by atoms with Gasteiger partial charge in [-0.25, -0.2) is 0 Å². The summed E-state index contributed by atoms with van der Waals surface area (Å²) in [6.45, 7) is 4.66. The third kappa shape index (κ3) is 5.57. The quantitative estimate of drug-likeness (QED) is 0.412. The lowest BCUT2D eigenvalue weighted by molar-refractivity contribution is -0.142. The Bertz CT molecular complexity index is 582. The van der Waals surface area contributed by atoms with Crippen LogP contribution in [0.1, 0.15) is 18.4 Å². The summed E-state index contributed by atoms with van der Waals surface area (Å²) in [7, 11) is 1.81. The summed E-state index contributed by atoms with van der Waals surface area (Å²) in [6, 6.07) is 10.4. The zero-order valence-electron chi connectivity index (χ0n) is 15.4. The molecule has 1 amide bonds. The molecule has 0 aromatic heterocycles. The fourth-order valence-electron chi connectivity index (χ4n) is 3.41. The summed E-state index contributed by atoms with van der Waals surface area (Å²) in [5.41, 5.74) is 1.32. The van der Waals surface area contributed by atoms with Crippen molar-refractivity contribution in [3.05, 3.63) is 35.9 Å². The first-order valence-corrected chi connectivity index (χ1v) is 9.18. The van der Waals surface area contributed by atoms with Crippen LogP contribution in [0.5, 0.6) is 0 Å². The molecule has 1 unspecified atom stereocenters. The normalized spacial score (nSPS) is 20.7. The Morgan fingerprint density at radius 3 is 2.50 bits per heavy atom. The Hall–Kier alpha value is -1.35. The van der Waals surface area contributed by atoms with Crippen LogP contribution in [0.4, 0.5) is 0 Å². The number of carbonyl (C=O) groups is 1. The Morgan fingerprint density at radius 2 is 1.88 bits per heavy atom. The number of piperazine rings is 1. The number of nitrogens with zero attached hydrogens (tertiary/aromatic N) is 3. The maximum absolute atomic E-state index is 12.4. The van der Waals surface area contributed by atoms with Crippen molar-refractivity contribution in [3.63, 3.8) is 0 Å². The van der Waals surface area contributed by atoms with Gasteiger partial charge in [0.15, 0.2) is 5.96 Å². The van der Waals surface area contributed by atoms with Crippen LogP contribution in [0.3, 0.4) is 0 Å². The molecule has 7 heteroatoms. The van der Waals surface area contributed by atoms with Gasteiger partial charge in [-0.05, 0) is 24.8 Å². The third-order valence-corrected chi connectivity index (χ3v) is 4.85. The molecule has 0 bridgehead atoms. The molecule has 6 nitrogen and oxygen atoms in total. The molecule has 0 saturated carbocycles. The molecule has 2 heterocycles. The second-order valence-corrected chi connectivity index (χ2v) is 6.52. The van der Waals surface area contributed by atoms with Gasteiger partial charge in [-0.15, -0.1) is 24.0 Å². The molecule has 0 spiro atoms. The van der Waals surface area contributed by atoms with Crippen molar-refractivity contribution in [2.24, 2.45) is 4.99 Å². The number of aliphatic imine (C=N–C) groups is 1. The highest BCUT2D eigenvalue weighted by molar-refractivity contribution is 14.0. The lowest BCUT2D eigenvalue weighted by Gasteiger charge is -2.37. The molecule has 2 aliphatic heterocycles. The summed E-state index contributed by atoms with van der Waals surface area (Å²) < 4.78 is 5.52. The summed E-state index contributed by atoms with van der Waals surface area (Å²) in [4.78, 5) is 21.0. The van der Waals surface area contributed by atoms with Gasteiger partial charge in [0.2, 0.25) is 0 Å². The summed E-state index contributed by atoms with van der Waals surface area (Å²) in [5.74, 6) is 1.07. The lowest BCUT2D eigenvalue weighted by atomic mass is 10.1. The zero-order valence-corrected chi connectivity index (χ0v) is 17.7. The first kappa shape index (κ1) is 21.0. The van der Waals surface area contributed by atoms with Crippen LogP contribution in [-0.2, 0) is 16.0 Å². The number of rotatable bonds is 4. The molecule has 0 aliphatic carbocycles. The SMILES string of the molecule is CN=C(NCCc1ccccc1)N1CCN(C(=O)C2CCCO2)CC1.I. The van der Waals surface area contributed by atoms with Gasteiger partial charge in [0, 0.05) is 46.4 Å². The van der Waals surface area contributed by atoms with Crippen molar-refractivity contribution in [3.8, 4) is 0 Å². The van der Waals surface area contributed by atoms with E-state index in [-0.39, 0.29) is 36.0 Å². The van der Waals surface area contributed by atoms with Gasteiger partial charge in [0.25, 0.3) is 5.91 Å². The van der Waals surface area contributed by atoms with Gasteiger partial charge in [-0.3, -0.25) is 9.79 Å². The van der Waals surface area contributed by atoms with Gasteiger partial charge < -0.3 is 19.9 Å². The van der Waals surface area contributed by atoms with Crippen LogP contribution in [0.15, 0.2) is 35.3 Å². The summed E-state index contributed by atoms with van der Waals surface area (Å²) >= 11 is 0. The van der Waals surface area contributed by atoms with Gasteiger partial charge in [-0.1, -0.05) is 30.3 Å². The fraction of sp³-hybridized carbons (Fsp3) is 0.579. The highest BCUT2D eigenvalue weighted by atomic mass is 127. The van der Waals surface area contributed by atoms with Crippen molar-refractivity contribution in [1.29, 1.82) is 0 Å². The van der Waals surface area contributed by atoms with Crippen LogP contribution >= 0.6 is 24.0 Å². The monoisotopic (exact) mass is 472 g/mol. The van der Waals surface area contributed by atoms with Crippen molar-refractivity contribution in [1.82, 2.24) is 15.1 Å². The van der Waals surface area contributed by atoms with Gasteiger partial charge in [0.1, 0.15) is 6.10 Å². The van der Waals surface area contributed by atoms with E-state index in [9.17, 15) is 4.79 Å². The topological polar surface area (TPSA) is 57.2 Å². The van der Waals surface area contributed by atoms with Crippen LogP contribution in [-0.4, -0.2) is 74.1 Å². The van der Waals surface area contributed by atoms with Crippen LogP contribution in [0.2, 0.25) is 0 Å².